The van der Waals surface area contributed by atoms with Crippen LogP contribution < -0.4 is 4.72 Å². The Balaban J connectivity index is 2.12. The van der Waals surface area contributed by atoms with Crippen LogP contribution in [-0.2, 0) is 10.0 Å². The van der Waals surface area contributed by atoms with Crippen molar-refractivity contribution < 1.29 is 13.5 Å². The van der Waals surface area contributed by atoms with Gasteiger partial charge in [-0.25, -0.2) is 13.1 Å². The van der Waals surface area contributed by atoms with Crippen molar-refractivity contribution >= 4 is 44.6 Å². The van der Waals surface area contributed by atoms with E-state index in [1.165, 1.54) is 6.07 Å². The molecular formula is C9H11Cl2NO3S2. The summed E-state index contributed by atoms with van der Waals surface area (Å²) in [6.07, 6.45) is 1.67. The number of thiophene rings is 1. The molecule has 2 N–H and O–H groups in total. The van der Waals surface area contributed by atoms with Crippen molar-refractivity contribution in [2.24, 2.45) is 5.41 Å². The van der Waals surface area contributed by atoms with Crippen LogP contribution >= 0.6 is 34.5 Å². The Morgan fingerprint density at radius 3 is 2.53 bits per heavy atom. The molecule has 0 saturated heterocycles. The van der Waals surface area contributed by atoms with E-state index in [1.54, 1.807) is 0 Å². The molecule has 1 saturated carbocycles. The quantitative estimate of drug-likeness (QED) is 0.874. The molecule has 96 valence electrons. The Kier molecular flexibility index (Phi) is 3.74. The van der Waals surface area contributed by atoms with Gasteiger partial charge in [0, 0.05) is 18.6 Å². The van der Waals surface area contributed by atoms with E-state index in [1.807, 2.05) is 0 Å². The largest absolute Gasteiger partial charge is 0.396 e. The van der Waals surface area contributed by atoms with Crippen molar-refractivity contribution in [1.82, 2.24) is 4.72 Å². The molecule has 0 unspecified atom stereocenters. The summed E-state index contributed by atoms with van der Waals surface area (Å²) >= 11 is 12.5. The van der Waals surface area contributed by atoms with Gasteiger partial charge in [0.25, 0.3) is 0 Å². The summed E-state index contributed by atoms with van der Waals surface area (Å²) in [7, 11) is -3.64. The van der Waals surface area contributed by atoms with Gasteiger partial charge in [-0.3, -0.25) is 0 Å². The summed E-state index contributed by atoms with van der Waals surface area (Å²) in [4.78, 5) is 0.00269. The summed E-state index contributed by atoms with van der Waals surface area (Å²) in [6, 6.07) is 1.33. The average Bonchev–Trinajstić information content (AvgIpc) is 2.96. The van der Waals surface area contributed by atoms with Gasteiger partial charge in [-0.2, -0.15) is 0 Å². The number of nitrogens with one attached hydrogen (secondary N) is 1. The molecule has 0 radical (unpaired) electrons. The monoisotopic (exact) mass is 315 g/mol. The normalized spacial score (nSPS) is 18.3. The van der Waals surface area contributed by atoms with Crippen LogP contribution in [0.3, 0.4) is 0 Å². The zero-order valence-electron chi connectivity index (χ0n) is 8.74. The van der Waals surface area contributed by atoms with Crippen molar-refractivity contribution in [1.29, 1.82) is 0 Å². The van der Waals surface area contributed by atoms with Crippen LogP contribution in [0.2, 0.25) is 8.67 Å². The van der Waals surface area contributed by atoms with Crippen LogP contribution in [0.25, 0.3) is 0 Å². The lowest BCUT2D eigenvalue weighted by molar-refractivity contribution is 0.213. The van der Waals surface area contributed by atoms with E-state index < -0.39 is 10.0 Å². The van der Waals surface area contributed by atoms with E-state index in [-0.39, 0.29) is 27.8 Å². The first kappa shape index (κ1) is 13.6. The topological polar surface area (TPSA) is 66.4 Å². The van der Waals surface area contributed by atoms with Gasteiger partial charge in [-0.05, 0) is 18.9 Å². The second kappa shape index (κ2) is 4.68. The van der Waals surface area contributed by atoms with Gasteiger partial charge in [0.05, 0.1) is 4.34 Å². The first-order valence-electron chi connectivity index (χ1n) is 4.94. The van der Waals surface area contributed by atoms with Crippen LogP contribution in [-0.4, -0.2) is 26.7 Å². The van der Waals surface area contributed by atoms with Crippen LogP contribution in [0.4, 0.5) is 0 Å². The van der Waals surface area contributed by atoms with Crippen molar-refractivity contribution in [3.05, 3.63) is 14.7 Å². The van der Waals surface area contributed by atoms with Gasteiger partial charge in [-0.1, -0.05) is 23.2 Å². The number of halogens is 2. The predicted molar refractivity (Wildman–Crippen MR) is 68.3 cm³/mol. The highest BCUT2D eigenvalue weighted by atomic mass is 35.5. The van der Waals surface area contributed by atoms with Crippen LogP contribution in [0, 0.1) is 5.41 Å². The third-order valence-electron chi connectivity index (χ3n) is 2.84. The standard InChI is InChI=1S/C9H11Cl2NO3S2/c10-7-3-6(8(11)16-7)17(14,15)12-4-9(5-13)1-2-9/h3,12-13H,1-2,4-5H2. The highest BCUT2D eigenvalue weighted by molar-refractivity contribution is 7.89. The molecule has 0 atom stereocenters. The molecule has 0 aliphatic heterocycles. The lowest BCUT2D eigenvalue weighted by Crippen LogP contribution is -2.31. The minimum Gasteiger partial charge on any atom is -0.396 e. The second-order valence-electron chi connectivity index (χ2n) is 4.17. The third-order valence-corrected chi connectivity index (χ3v) is 6.00. The number of sulfonamides is 1. The summed E-state index contributed by atoms with van der Waals surface area (Å²) < 4.78 is 26.8. The van der Waals surface area contributed by atoms with E-state index in [4.69, 9.17) is 28.3 Å². The highest BCUT2D eigenvalue weighted by Crippen LogP contribution is 2.44. The van der Waals surface area contributed by atoms with Gasteiger partial charge in [0.2, 0.25) is 10.0 Å². The van der Waals surface area contributed by atoms with Crippen molar-refractivity contribution in [3.63, 3.8) is 0 Å². The van der Waals surface area contributed by atoms with Gasteiger partial charge < -0.3 is 5.11 Å². The Morgan fingerprint density at radius 1 is 1.47 bits per heavy atom. The van der Waals surface area contributed by atoms with E-state index in [9.17, 15) is 8.42 Å². The molecule has 1 aromatic rings. The van der Waals surface area contributed by atoms with Crippen LogP contribution in [0.5, 0.6) is 0 Å². The molecule has 4 nitrogen and oxygen atoms in total. The van der Waals surface area contributed by atoms with Gasteiger partial charge >= 0.3 is 0 Å². The maximum atomic E-state index is 11.9. The van der Waals surface area contributed by atoms with E-state index in [2.05, 4.69) is 4.72 Å². The summed E-state index contributed by atoms with van der Waals surface area (Å²) in [5.41, 5.74) is -0.278. The molecule has 1 aliphatic carbocycles. The Morgan fingerprint density at radius 2 is 2.12 bits per heavy atom. The summed E-state index contributed by atoms with van der Waals surface area (Å²) in [6.45, 7) is 0.225. The van der Waals surface area contributed by atoms with Crippen molar-refractivity contribution in [2.75, 3.05) is 13.2 Å². The number of rotatable bonds is 5. The molecule has 1 aliphatic rings. The summed E-state index contributed by atoms with van der Waals surface area (Å²) in [5, 5.41) is 9.10. The molecular weight excluding hydrogens is 305 g/mol. The molecule has 0 bridgehead atoms. The second-order valence-corrected chi connectivity index (χ2v) is 8.19. The van der Waals surface area contributed by atoms with Gasteiger partial charge in [-0.15, -0.1) is 11.3 Å². The maximum absolute atomic E-state index is 11.9. The lowest BCUT2D eigenvalue weighted by Gasteiger charge is -2.12. The fourth-order valence-electron chi connectivity index (χ4n) is 1.40. The van der Waals surface area contributed by atoms with Crippen LogP contribution in [0.15, 0.2) is 11.0 Å². The first-order valence-corrected chi connectivity index (χ1v) is 7.99. The lowest BCUT2D eigenvalue weighted by atomic mass is 10.1. The fraction of sp³-hybridized carbons (Fsp3) is 0.556. The molecule has 0 spiro atoms. The van der Waals surface area contributed by atoms with Gasteiger partial charge in [0.1, 0.15) is 9.23 Å². The number of aliphatic hydroxyl groups is 1. The Hall–Kier alpha value is 0.150. The number of hydrogen-bond acceptors (Lipinski definition) is 4. The Labute approximate surface area is 114 Å². The summed E-state index contributed by atoms with van der Waals surface area (Å²) in [5.74, 6) is 0. The number of hydrogen-bond donors (Lipinski definition) is 2. The fourth-order valence-corrected chi connectivity index (χ4v) is 4.71. The maximum Gasteiger partial charge on any atom is 0.242 e. The molecule has 1 fully saturated rings. The molecule has 0 aromatic carbocycles. The average molecular weight is 316 g/mol. The SMILES string of the molecule is O=S(=O)(NCC1(CO)CC1)c1cc(Cl)sc1Cl. The molecule has 1 aromatic heterocycles. The first-order chi connectivity index (χ1) is 7.88. The van der Waals surface area contributed by atoms with E-state index in [0.717, 1.165) is 24.2 Å². The third kappa shape index (κ3) is 2.94. The molecule has 8 heteroatoms. The van der Waals surface area contributed by atoms with E-state index in [0.29, 0.717) is 4.34 Å². The smallest absolute Gasteiger partial charge is 0.242 e. The minimum absolute atomic E-state index is 0.00269. The number of aliphatic hydroxyl groups excluding tert-OH is 1. The molecule has 2 rings (SSSR count). The van der Waals surface area contributed by atoms with Crippen molar-refractivity contribution in [3.8, 4) is 0 Å². The predicted octanol–water partition coefficient (Wildman–Crippen LogP) is 2.11. The zero-order valence-corrected chi connectivity index (χ0v) is 11.9. The minimum atomic E-state index is -3.64. The van der Waals surface area contributed by atoms with Crippen LogP contribution in [0.1, 0.15) is 12.8 Å². The molecule has 0 amide bonds. The highest BCUT2D eigenvalue weighted by Gasteiger charge is 2.42. The zero-order chi connectivity index (χ0) is 12.7. The van der Waals surface area contributed by atoms with Gasteiger partial charge in [0.15, 0.2) is 0 Å². The molecule has 1 heterocycles. The van der Waals surface area contributed by atoms with Crippen molar-refractivity contribution in [2.45, 2.75) is 17.7 Å². The molecule has 17 heavy (non-hydrogen) atoms. The Bertz CT molecular complexity index is 522. The van der Waals surface area contributed by atoms with E-state index >= 15 is 0 Å².